The van der Waals surface area contributed by atoms with Crippen LogP contribution in [0.5, 0.6) is 0 Å². The lowest BCUT2D eigenvalue weighted by Crippen LogP contribution is -2.14. The zero-order chi connectivity index (χ0) is 16.8. The first kappa shape index (κ1) is 15.7. The third-order valence-corrected chi connectivity index (χ3v) is 3.49. The van der Waals surface area contributed by atoms with Gasteiger partial charge in [0.15, 0.2) is 0 Å². The van der Waals surface area contributed by atoms with Gasteiger partial charge in [0, 0.05) is 36.5 Å². The van der Waals surface area contributed by atoms with Crippen molar-refractivity contribution in [2.24, 2.45) is 0 Å². The standard InChI is InChI=1S/C19H18N4O/c1-14-4-2-6-17(10-14)23-19(24)18-11-16(7-9-21-18)22-13-15-5-3-8-20-12-15/h2-12H,13H2,1H3,(H,21,22)(H,23,24). The quantitative estimate of drug-likeness (QED) is 0.753. The van der Waals surface area contributed by atoms with Crippen LogP contribution < -0.4 is 10.6 Å². The molecular weight excluding hydrogens is 300 g/mol. The van der Waals surface area contributed by atoms with E-state index in [2.05, 4.69) is 20.6 Å². The molecule has 0 atom stereocenters. The number of carbonyl (C=O) groups excluding carboxylic acids is 1. The van der Waals surface area contributed by atoms with Crippen LogP contribution in [-0.2, 0) is 6.54 Å². The molecule has 0 aliphatic carbocycles. The molecule has 5 nitrogen and oxygen atoms in total. The Labute approximate surface area is 140 Å². The van der Waals surface area contributed by atoms with E-state index in [9.17, 15) is 4.79 Å². The number of benzene rings is 1. The molecule has 2 N–H and O–H groups in total. The molecule has 0 saturated heterocycles. The summed E-state index contributed by atoms with van der Waals surface area (Å²) in [6.07, 6.45) is 5.17. The lowest BCUT2D eigenvalue weighted by Gasteiger charge is -2.09. The average Bonchev–Trinajstić information content (AvgIpc) is 2.61. The minimum absolute atomic E-state index is 0.231. The van der Waals surface area contributed by atoms with E-state index in [1.54, 1.807) is 24.7 Å². The lowest BCUT2D eigenvalue weighted by molar-refractivity contribution is 0.102. The van der Waals surface area contributed by atoms with Crippen LogP contribution in [0, 0.1) is 6.92 Å². The van der Waals surface area contributed by atoms with Crippen LogP contribution in [0.1, 0.15) is 21.6 Å². The third kappa shape index (κ3) is 4.16. The van der Waals surface area contributed by atoms with Gasteiger partial charge in [0.1, 0.15) is 5.69 Å². The van der Waals surface area contributed by atoms with Crippen molar-refractivity contribution < 1.29 is 4.79 Å². The predicted molar refractivity (Wildman–Crippen MR) is 94.9 cm³/mol. The van der Waals surface area contributed by atoms with Gasteiger partial charge in [0.25, 0.3) is 5.91 Å². The Morgan fingerprint density at radius 1 is 1.04 bits per heavy atom. The van der Waals surface area contributed by atoms with Crippen LogP contribution in [0.4, 0.5) is 11.4 Å². The molecule has 0 bridgehead atoms. The molecule has 3 rings (SSSR count). The zero-order valence-corrected chi connectivity index (χ0v) is 13.4. The van der Waals surface area contributed by atoms with E-state index in [0.717, 1.165) is 22.5 Å². The molecule has 2 aromatic heterocycles. The molecule has 0 aliphatic rings. The van der Waals surface area contributed by atoms with E-state index in [-0.39, 0.29) is 5.91 Å². The monoisotopic (exact) mass is 318 g/mol. The number of amides is 1. The SMILES string of the molecule is Cc1cccc(NC(=O)c2cc(NCc3cccnc3)ccn2)c1. The summed E-state index contributed by atoms with van der Waals surface area (Å²) in [5, 5.41) is 6.13. The Bertz CT molecular complexity index is 834. The number of hydrogen-bond acceptors (Lipinski definition) is 4. The van der Waals surface area contributed by atoms with Gasteiger partial charge in [0.2, 0.25) is 0 Å². The topological polar surface area (TPSA) is 66.9 Å². The van der Waals surface area contributed by atoms with Gasteiger partial charge < -0.3 is 10.6 Å². The second-order valence-electron chi connectivity index (χ2n) is 5.47. The Balaban J connectivity index is 1.67. The minimum Gasteiger partial charge on any atom is -0.381 e. The third-order valence-electron chi connectivity index (χ3n) is 3.49. The van der Waals surface area contributed by atoms with Gasteiger partial charge in [-0.05, 0) is 48.4 Å². The number of nitrogens with zero attached hydrogens (tertiary/aromatic N) is 2. The molecule has 0 spiro atoms. The molecule has 120 valence electrons. The molecular formula is C19H18N4O. The van der Waals surface area contributed by atoms with E-state index in [0.29, 0.717) is 12.2 Å². The largest absolute Gasteiger partial charge is 0.381 e. The summed E-state index contributed by atoms with van der Waals surface area (Å²) >= 11 is 0. The van der Waals surface area contributed by atoms with E-state index in [4.69, 9.17) is 0 Å². The summed E-state index contributed by atoms with van der Waals surface area (Å²) in [6, 6.07) is 15.1. The van der Waals surface area contributed by atoms with Crippen LogP contribution >= 0.6 is 0 Å². The molecule has 1 amide bonds. The first-order valence-electron chi connectivity index (χ1n) is 7.67. The fourth-order valence-electron chi connectivity index (χ4n) is 2.29. The average molecular weight is 318 g/mol. The zero-order valence-electron chi connectivity index (χ0n) is 13.4. The summed E-state index contributed by atoms with van der Waals surface area (Å²) in [4.78, 5) is 20.6. The number of pyridine rings is 2. The van der Waals surface area contributed by atoms with Crippen molar-refractivity contribution in [1.29, 1.82) is 0 Å². The summed E-state index contributed by atoms with van der Waals surface area (Å²) in [5.41, 5.74) is 4.12. The maximum Gasteiger partial charge on any atom is 0.274 e. The van der Waals surface area contributed by atoms with Crippen LogP contribution in [0.3, 0.4) is 0 Å². The molecule has 0 saturated carbocycles. The van der Waals surface area contributed by atoms with Crippen molar-refractivity contribution in [3.05, 3.63) is 83.9 Å². The molecule has 0 fully saturated rings. The molecule has 0 unspecified atom stereocenters. The predicted octanol–water partition coefficient (Wildman–Crippen LogP) is 3.65. The number of rotatable bonds is 5. The Morgan fingerprint density at radius 2 is 1.96 bits per heavy atom. The Kier molecular flexibility index (Phi) is 4.81. The molecule has 1 aromatic carbocycles. The Hall–Kier alpha value is -3.21. The van der Waals surface area contributed by atoms with Gasteiger partial charge >= 0.3 is 0 Å². The summed E-state index contributed by atoms with van der Waals surface area (Å²) in [6.45, 7) is 2.62. The van der Waals surface area contributed by atoms with Crippen LogP contribution in [0.25, 0.3) is 0 Å². The van der Waals surface area contributed by atoms with E-state index in [1.807, 2.05) is 49.4 Å². The number of aromatic nitrogens is 2. The molecule has 5 heteroatoms. The van der Waals surface area contributed by atoms with Crippen molar-refractivity contribution in [1.82, 2.24) is 9.97 Å². The first-order valence-corrected chi connectivity index (χ1v) is 7.67. The van der Waals surface area contributed by atoms with Crippen LogP contribution in [0.2, 0.25) is 0 Å². The number of aryl methyl sites for hydroxylation is 1. The lowest BCUT2D eigenvalue weighted by atomic mass is 10.2. The van der Waals surface area contributed by atoms with E-state index < -0.39 is 0 Å². The van der Waals surface area contributed by atoms with Crippen LogP contribution in [0.15, 0.2) is 67.1 Å². The maximum absolute atomic E-state index is 12.3. The summed E-state index contributed by atoms with van der Waals surface area (Å²) < 4.78 is 0. The van der Waals surface area contributed by atoms with Crippen molar-refractivity contribution >= 4 is 17.3 Å². The molecule has 0 aliphatic heterocycles. The first-order chi connectivity index (χ1) is 11.7. The molecule has 2 heterocycles. The number of carbonyl (C=O) groups is 1. The van der Waals surface area contributed by atoms with Gasteiger partial charge in [-0.15, -0.1) is 0 Å². The number of hydrogen-bond donors (Lipinski definition) is 2. The van der Waals surface area contributed by atoms with E-state index in [1.165, 1.54) is 0 Å². The van der Waals surface area contributed by atoms with Gasteiger partial charge in [-0.25, -0.2) is 0 Å². The highest BCUT2D eigenvalue weighted by Gasteiger charge is 2.08. The highest BCUT2D eigenvalue weighted by Crippen LogP contribution is 2.13. The number of anilines is 2. The van der Waals surface area contributed by atoms with E-state index >= 15 is 0 Å². The fourth-order valence-corrected chi connectivity index (χ4v) is 2.29. The summed E-state index contributed by atoms with van der Waals surface area (Å²) in [7, 11) is 0. The normalized spacial score (nSPS) is 10.2. The molecule has 3 aromatic rings. The maximum atomic E-state index is 12.3. The van der Waals surface area contributed by atoms with Crippen molar-refractivity contribution in [3.8, 4) is 0 Å². The summed E-state index contributed by atoms with van der Waals surface area (Å²) in [5.74, 6) is -0.231. The van der Waals surface area contributed by atoms with Crippen molar-refractivity contribution in [3.63, 3.8) is 0 Å². The van der Waals surface area contributed by atoms with Gasteiger partial charge in [-0.2, -0.15) is 0 Å². The fraction of sp³-hybridized carbons (Fsp3) is 0.105. The van der Waals surface area contributed by atoms with Crippen LogP contribution in [-0.4, -0.2) is 15.9 Å². The minimum atomic E-state index is -0.231. The second kappa shape index (κ2) is 7.37. The molecule has 24 heavy (non-hydrogen) atoms. The van der Waals surface area contributed by atoms with Gasteiger partial charge in [-0.3, -0.25) is 14.8 Å². The second-order valence-corrected chi connectivity index (χ2v) is 5.47. The smallest absolute Gasteiger partial charge is 0.274 e. The number of nitrogens with one attached hydrogen (secondary N) is 2. The Morgan fingerprint density at radius 3 is 2.75 bits per heavy atom. The van der Waals surface area contributed by atoms with Gasteiger partial charge in [-0.1, -0.05) is 18.2 Å². The highest BCUT2D eigenvalue weighted by atomic mass is 16.1. The van der Waals surface area contributed by atoms with Gasteiger partial charge in [0.05, 0.1) is 0 Å². The van der Waals surface area contributed by atoms with Crippen molar-refractivity contribution in [2.75, 3.05) is 10.6 Å². The highest BCUT2D eigenvalue weighted by molar-refractivity contribution is 6.03. The van der Waals surface area contributed by atoms with Crippen molar-refractivity contribution in [2.45, 2.75) is 13.5 Å². The molecule has 0 radical (unpaired) electrons.